The average Bonchev–Trinajstić information content (AvgIpc) is 2.34. The first-order chi connectivity index (χ1) is 8.65. The van der Waals surface area contributed by atoms with Crippen molar-refractivity contribution in [2.24, 2.45) is 0 Å². The maximum Gasteiger partial charge on any atom is 0.149 e. The van der Waals surface area contributed by atoms with Crippen molar-refractivity contribution in [3.8, 4) is 0 Å². The fraction of sp³-hybridized carbons (Fsp3) is 0.214. The van der Waals surface area contributed by atoms with E-state index in [0.717, 1.165) is 17.5 Å². The van der Waals surface area contributed by atoms with E-state index in [0.29, 0.717) is 18.1 Å². The molecule has 0 unspecified atom stereocenters. The molecular weight excluding hydrogens is 229 g/mol. The van der Waals surface area contributed by atoms with Gasteiger partial charge in [-0.3, -0.25) is 0 Å². The summed E-state index contributed by atoms with van der Waals surface area (Å²) in [6.07, 6.45) is 2.58. The Balaban J connectivity index is 1.90. The van der Waals surface area contributed by atoms with Gasteiger partial charge in [0.15, 0.2) is 0 Å². The van der Waals surface area contributed by atoms with Gasteiger partial charge in [-0.25, -0.2) is 9.37 Å². The molecule has 3 nitrogen and oxygen atoms in total. The fourth-order valence-electron chi connectivity index (χ4n) is 1.72. The molecule has 0 atom stereocenters. The lowest BCUT2D eigenvalue weighted by Crippen LogP contribution is -2.08. The quantitative estimate of drug-likeness (QED) is 0.870. The normalized spacial score (nSPS) is 10.3. The molecule has 1 heterocycles. The molecule has 0 fully saturated rings. The van der Waals surface area contributed by atoms with Crippen molar-refractivity contribution in [1.29, 1.82) is 0 Å². The third kappa shape index (κ3) is 3.20. The molecule has 0 saturated heterocycles. The van der Waals surface area contributed by atoms with Crippen LogP contribution in [0.2, 0.25) is 0 Å². The highest BCUT2D eigenvalue weighted by Gasteiger charge is 2.00. The van der Waals surface area contributed by atoms with Gasteiger partial charge in [0.1, 0.15) is 11.6 Å². The van der Waals surface area contributed by atoms with Gasteiger partial charge in [-0.15, -0.1) is 0 Å². The van der Waals surface area contributed by atoms with E-state index in [2.05, 4.69) is 10.3 Å². The zero-order chi connectivity index (χ0) is 13.0. The van der Waals surface area contributed by atoms with E-state index in [1.165, 1.54) is 12.1 Å². The Morgan fingerprint density at radius 1 is 1.28 bits per heavy atom. The van der Waals surface area contributed by atoms with E-state index in [1.54, 1.807) is 18.3 Å². The number of pyridine rings is 1. The predicted molar refractivity (Wildman–Crippen MR) is 72.0 cm³/mol. The molecule has 0 spiro atoms. The lowest BCUT2D eigenvalue weighted by molar-refractivity contribution is 0.627. The number of nitrogens with one attached hydrogen (secondary N) is 1. The monoisotopic (exact) mass is 245 g/mol. The maximum atomic E-state index is 12.7. The summed E-state index contributed by atoms with van der Waals surface area (Å²) in [7, 11) is 0. The molecule has 1 aromatic carbocycles. The zero-order valence-corrected chi connectivity index (χ0v) is 10.3. The largest absolute Gasteiger partial charge is 0.396 e. The van der Waals surface area contributed by atoms with Crippen molar-refractivity contribution in [3.05, 3.63) is 53.5 Å². The summed E-state index contributed by atoms with van der Waals surface area (Å²) >= 11 is 0. The van der Waals surface area contributed by atoms with Crippen molar-refractivity contribution < 1.29 is 4.39 Å². The van der Waals surface area contributed by atoms with E-state index in [-0.39, 0.29) is 5.82 Å². The van der Waals surface area contributed by atoms with Crippen LogP contribution in [-0.2, 0) is 6.42 Å². The van der Waals surface area contributed by atoms with E-state index >= 15 is 0 Å². The molecule has 0 aliphatic heterocycles. The predicted octanol–water partition coefficient (Wildman–Crippen LogP) is 2.77. The molecule has 18 heavy (non-hydrogen) atoms. The second-order valence-corrected chi connectivity index (χ2v) is 4.25. The summed E-state index contributed by atoms with van der Waals surface area (Å²) in [5, 5.41) is 3.17. The van der Waals surface area contributed by atoms with Crippen molar-refractivity contribution in [2.45, 2.75) is 13.3 Å². The van der Waals surface area contributed by atoms with Crippen LogP contribution < -0.4 is 11.1 Å². The summed E-state index contributed by atoms with van der Waals surface area (Å²) in [4.78, 5) is 4.23. The van der Waals surface area contributed by atoms with Crippen molar-refractivity contribution in [1.82, 2.24) is 4.98 Å². The van der Waals surface area contributed by atoms with Crippen molar-refractivity contribution >= 4 is 11.5 Å². The van der Waals surface area contributed by atoms with E-state index in [1.807, 2.05) is 13.0 Å². The number of hydrogen-bond acceptors (Lipinski definition) is 3. The number of nitrogens with zero attached hydrogens (tertiary/aromatic N) is 1. The topological polar surface area (TPSA) is 50.9 Å². The average molecular weight is 245 g/mol. The Labute approximate surface area is 106 Å². The molecule has 4 heteroatoms. The van der Waals surface area contributed by atoms with Crippen LogP contribution >= 0.6 is 0 Å². The SMILES string of the molecule is Cc1cnc(NCCc2ccc(F)cc2)c(N)c1. The Morgan fingerprint density at radius 2 is 2.00 bits per heavy atom. The highest BCUT2D eigenvalue weighted by molar-refractivity contribution is 5.61. The molecule has 0 bridgehead atoms. The number of anilines is 2. The number of benzene rings is 1. The van der Waals surface area contributed by atoms with Gasteiger partial charge in [-0.05, 0) is 42.7 Å². The smallest absolute Gasteiger partial charge is 0.149 e. The lowest BCUT2D eigenvalue weighted by atomic mass is 10.1. The van der Waals surface area contributed by atoms with Crippen LogP contribution in [0.5, 0.6) is 0 Å². The van der Waals surface area contributed by atoms with Gasteiger partial charge in [0, 0.05) is 12.7 Å². The second kappa shape index (κ2) is 5.49. The van der Waals surface area contributed by atoms with E-state index in [4.69, 9.17) is 5.73 Å². The molecule has 3 N–H and O–H groups in total. The van der Waals surface area contributed by atoms with Crippen molar-refractivity contribution in [2.75, 3.05) is 17.6 Å². The minimum atomic E-state index is -0.212. The summed E-state index contributed by atoms with van der Waals surface area (Å²) in [5.41, 5.74) is 8.61. The molecule has 94 valence electrons. The van der Waals surface area contributed by atoms with Crippen LogP contribution in [0.15, 0.2) is 36.5 Å². The molecule has 0 aliphatic rings. The van der Waals surface area contributed by atoms with Gasteiger partial charge in [0.25, 0.3) is 0 Å². The number of aryl methyl sites for hydroxylation is 1. The number of rotatable bonds is 4. The fourth-order valence-corrected chi connectivity index (χ4v) is 1.72. The summed E-state index contributed by atoms with van der Waals surface area (Å²) in [5.74, 6) is 0.485. The first-order valence-electron chi connectivity index (χ1n) is 5.85. The standard InChI is InChI=1S/C14H16FN3/c1-10-8-13(16)14(18-9-10)17-7-6-11-2-4-12(15)5-3-11/h2-5,8-9H,6-7,16H2,1H3,(H,17,18). The van der Waals surface area contributed by atoms with Crippen molar-refractivity contribution in [3.63, 3.8) is 0 Å². The number of hydrogen-bond donors (Lipinski definition) is 2. The Morgan fingerprint density at radius 3 is 2.67 bits per heavy atom. The van der Waals surface area contributed by atoms with Crippen LogP contribution in [-0.4, -0.2) is 11.5 Å². The number of nitrogens with two attached hydrogens (primary N) is 1. The molecule has 2 rings (SSSR count). The molecule has 0 radical (unpaired) electrons. The van der Waals surface area contributed by atoms with Gasteiger partial charge in [-0.2, -0.15) is 0 Å². The lowest BCUT2D eigenvalue weighted by Gasteiger charge is -2.08. The van der Waals surface area contributed by atoms with Gasteiger partial charge >= 0.3 is 0 Å². The van der Waals surface area contributed by atoms with E-state index < -0.39 is 0 Å². The first kappa shape index (κ1) is 12.4. The second-order valence-electron chi connectivity index (χ2n) is 4.25. The van der Waals surface area contributed by atoms with Gasteiger partial charge < -0.3 is 11.1 Å². The van der Waals surface area contributed by atoms with Gasteiger partial charge in [0.2, 0.25) is 0 Å². The minimum absolute atomic E-state index is 0.212. The Kier molecular flexibility index (Phi) is 3.77. The molecule has 1 aromatic heterocycles. The summed E-state index contributed by atoms with van der Waals surface area (Å²) in [6, 6.07) is 8.38. The zero-order valence-electron chi connectivity index (χ0n) is 10.3. The van der Waals surface area contributed by atoms with Crippen LogP contribution in [0.1, 0.15) is 11.1 Å². The molecular formula is C14H16FN3. The van der Waals surface area contributed by atoms with Crippen LogP contribution in [0, 0.1) is 12.7 Å². The maximum absolute atomic E-state index is 12.7. The number of aromatic nitrogens is 1. The molecule has 0 aliphatic carbocycles. The van der Waals surface area contributed by atoms with E-state index in [9.17, 15) is 4.39 Å². The highest BCUT2D eigenvalue weighted by Crippen LogP contribution is 2.15. The minimum Gasteiger partial charge on any atom is -0.396 e. The van der Waals surface area contributed by atoms with Crippen LogP contribution in [0.25, 0.3) is 0 Å². The summed E-state index contributed by atoms with van der Waals surface area (Å²) in [6.45, 7) is 2.66. The van der Waals surface area contributed by atoms with Gasteiger partial charge in [-0.1, -0.05) is 12.1 Å². The third-order valence-corrected chi connectivity index (χ3v) is 2.67. The Bertz CT molecular complexity index is 523. The van der Waals surface area contributed by atoms with Crippen LogP contribution in [0.3, 0.4) is 0 Å². The first-order valence-corrected chi connectivity index (χ1v) is 5.85. The van der Waals surface area contributed by atoms with Gasteiger partial charge in [0.05, 0.1) is 5.69 Å². The molecule has 2 aromatic rings. The summed E-state index contributed by atoms with van der Waals surface area (Å²) < 4.78 is 12.7. The third-order valence-electron chi connectivity index (χ3n) is 2.67. The van der Waals surface area contributed by atoms with Crippen LogP contribution in [0.4, 0.5) is 15.9 Å². The number of halogens is 1. The number of nitrogen functional groups attached to an aromatic ring is 1. The Hall–Kier alpha value is -2.10. The molecule has 0 saturated carbocycles. The molecule has 0 amide bonds. The highest BCUT2D eigenvalue weighted by atomic mass is 19.1.